The van der Waals surface area contributed by atoms with Gasteiger partial charge < -0.3 is 10.2 Å². The van der Waals surface area contributed by atoms with Crippen molar-refractivity contribution in [1.82, 2.24) is 4.90 Å². The Bertz CT molecular complexity index is 1180. The molecule has 170 valence electrons. The molecule has 0 atom stereocenters. The molecule has 0 aromatic heterocycles. The molecule has 9 heteroatoms. The SMILES string of the molecule is O=C(Nc1cccc(N2CCCN(Cc3cc(F)cc(F)c3)C2=O)c1)c1c(F)cccc1F. The third-order valence-electron chi connectivity index (χ3n) is 5.21. The molecular formula is C24H19F4N3O2. The van der Waals surface area contributed by atoms with E-state index in [0.717, 1.165) is 24.3 Å². The number of halogens is 4. The summed E-state index contributed by atoms with van der Waals surface area (Å²) < 4.78 is 54.8. The van der Waals surface area contributed by atoms with Crippen LogP contribution in [0.15, 0.2) is 60.7 Å². The monoisotopic (exact) mass is 457 g/mol. The summed E-state index contributed by atoms with van der Waals surface area (Å²) in [6.07, 6.45) is 0.612. The van der Waals surface area contributed by atoms with E-state index < -0.39 is 34.7 Å². The zero-order valence-corrected chi connectivity index (χ0v) is 17.3. The Kier molecular flexibility index (Phi) is 6.30. The summed E-state index contributed by atoms with van der Waals surface area (Å²) in [6.45, 7) is 0.843. The largest absolute Gasteiger partial charge is 0.324 e. The first-order chi connectivity index (χ1) is 15.8. The minimum Gasteiger partial charge on any atom is -0.322 e. The Morgan fingerprint density at radius 1 is 0.879 bits per heavy atom. The van der Waals surface area contributed by atoms with E-state index in [1.165, 1.54) is 34.1 Å². The smallest absolute Gasteiger partial charge is 0.322 e. The van der Waals surface area contributed by atoms with Gasteiger partial charge in [0, 0.05) is 37.1 Å². The second-order valence-corrected chi connectivity index (χ2v) is 7.59. The Morgan fingerprint density at radius 2 is 1.55 bits per heavy atom. The highest BCUT2D eigenvalue weighted by Gasteiger charge is 2.27. The van der Waals surface area contributed by atoms with Gasteiger partial charge in [-0.3, -0.25) is 9.69 Å². The molecule has 1 saturated heterocycles. The van der Waals surface area contributed by atoms with Crippen LogP contribution >= 0.6 is 0 Å². The molecule has 3 aromatic rings. The number of benzene rings is 3. The summed E-state index contributed by atoms with van der Waals surface area (Å²) >= 11 is 0. The first-order valence-electron chi connectivity index (χ1n) is 10.2. The summed E-state index contributed by atoms with van der Waals surface area (Å²) in [7, 11) is 0. The molecule has 1 aliphatic heterocycles. The maximum absolute atomic E-state index is 13.9. The fourth-order valence-electron chi connectivity index (χ4n) is 3.75. The quantitative estimate of drug-likeness (QED) is 0.527. The number of urea groups is 1. The Labute approximate surface area is 187 Å². The molecule has 1 aliphatic rings. The van der Waals surface area contributed by atoms with E-state index in [1.54, 1.807) is 12.1 Å². The predicted molar refractivity (Wildman–Crippen MR) is 115 cm³/mol. The molecule has 0 radical (unpaired) electrons. The number of amides is 3. The maximum atomic E-state index is 13.9. The fourth-order valence-corrected chi connectivity index (χ4v) is 3.75. The lowest BCUT2D eigenvalue weighted by Gasteiger charge is -2.36. The average Bonchev–Trinajstić information content (AvgIpc) is 2.74. The van der Waals surface area contributed by atoms with Gasteiger partial charge in [-0.05, 0) is 54.4 Å². The average molecular weight is 457 g/mol. The predicted octanol–water partition coefficient (Wildman–Crippen LogP) is 5.33. The van der Waals surface area contributed by atoms with Crippen LogP contribution in [0.5, 0.6) is 0 Å². The van der Waals surface area contributed by atoms with Crippen LogP contribution in [0.4, 0.5) is 33.7 Å². The van der Waals surface area contributed by atoms with E-state index in [1.807, 2.05) is 0 Å². The fraction of sp³-hybridized carbons (Fsp3) is 0.167. The van der Waals surface area contributed by atoms with Gasteiger partial charge in [-0.15, -0.1) is 0 Å². The molecule has 5 nitrogen and oxygen atoms in total. The van der Waals surface area contributed by atoms with Crippen LogP contribution in [0, 0.1) is 23.3 Å². The zero-order valence-electron chi connectivity index (χ0n) is 17.3. The van der Waals surface area contributed by atoms with E-state index in [4.69, 9.17) is 0 Å². The van der Waals surface area contributed by atoms with Crippen LogP contribution in [0.25, 0.3) is 0 Å². The van der Waals surface area contributed by atoms with Gasteiger partial charge in [0.2, 0.25) is 0 Å². The third kappa shape index (κ3) is 4.97. The summed E-state index contributed by atoms with van der Waals surface area (Å²) in [6, 6.07) is 12.2. The molecule has 0 unspecified atom stereocenters. The van der Waals surface area contributed by atoms with Gasteiger partial charge >= 0.3 is 6.03 Å². The topological polar surface area (TPSA) is 52.7 Å². The molecule has 3 amide bonds. The van der Waals surface area contributed by atoms with Crippen molar-refractivity contribution in [3.63, 3.8) is 0 Å². The van der Waals surface area contributed by atoms with Crippen molar-refractivity contribution >= 4 is 23.3 Å². The Morgan fingerprint density at radius 3 is 2.24 bits per heavy atom. The number of carbonyl (C=O) groups excluding carboxylic acids is 2. The Balaban J connectivity index is 1.51. The third-order valence-corrected chi connectivity index (χ3v) is 5.21. The minimum atomic E-state index is -0.987. The molecule has 0 aliphatic carbocycles. The van der Waals surface area contributed by atoms with Gasteiger partial charge in [0.1, 0.15) is 28.8 Å². The molecule has 33 heavy (non-hydrogen) atoms. The number of nitrogens with zero attached hydrogens (tertiary/aromatic N) is 2. The van der Waals surface area contributed by atoms with Gasteiger partial charge in [-0.1, -0.05) is 12.1 Å². The lowest BCUT2D eigenvalue weighted by molar-refractivity contribution is 0.101. The standard InChI is InChI=1S/C24H19F4N3O2/c25-16-10-15(11-17(26)12-16)14-30-8-3-9-31(24(30)33)19-5-1-4-18(13-19)29-23(32)22-20(27)6-2-7-21(22)28/h1-2,4-7,10-13H,3,8-9,14H2,(H,29,32). The number of nitrogens with one attached hydrogen (secondary N) is 1. The lowest BCUT2D eigenvalue weighted by atomic mass is 10.1. The first kappa shape index (κ1) is 22.3. The van der Waals surface area contributed by atoms with Crippen molar-refractivity contribution in [1.29, 1.82) is 0 Å². The molecule has 3 aromatic carbocycles. The lowest BCUT2D eigenvalue weighted by Crippen LogP contribution is -2.49. The van der Waals surface area contributed by atoms with Gasteiger partial charge in [-0.25, -0.2) is 22.4 Å². The van der Waals surface area contributed by atoms with Crippen LogP contribution in [-0.4, -0.2) is 29.9 Å². The van der Waals surface area contributed by atoms with Crippen molar-refractivity contribution < 1.29 is 27.2 Å². The van der Waals surface area contributed by atoms with Gasteiger partial charge in [0.05, 0.1) is 0 Å². The number of rotatable bonds is 5. The van der Waals surface area contributed by atoms with Crippen LogP contribution in [-0.2, 0) is 6.54 Å². The number of hydrogen-bond donors (Lipinski definition) is 1. The normalized spacial score (nSPS) is 13.9. The molecule has 1 heterocycles. The van der Waals surface area contributed by atoms with Crippen molar-refractivity contribution in [3.05, 3.63) is 95.1 Å². The van der Waals surface area contributed by atoms with Crippen molar-refractivity contribution in [2.75, 3.05) is 23.3 Å². The molecule has 1 fully saturated rings. The van der Waals surface area contributed by atoms with Crippen LogP contribution in [0.3, 0.4) is 0 Å². The van der Waals surface area contributed by atoms with Gasteiger partial charge in [0.25, 0.3) is 5.91 Å². The Hall–Kier alpha value is -3.88. The van der Waals surface area contributed by atoms with Crippen molar-refractivity contribution in [2.24, 2.45) is 0 Å². The van der Waals surface area contributed by atoms with Crippen molar-refractivity contribution in [3.8, 4) is 0 Å². The minimum absolute atomic E-state index is 0.0347. The maximum Gasteiger partial charge on any atom is 0.324 e. The number of carbonyl (C=O) groups is 2. The molecule has 0 saturated carbocycles. The molecule has 0 bridgehead atoms. The zero-order chi connectivity index (χ0) is 23.5. The number of hydrogen-bond acceptors (Lipinski definition) is 2. The molecule has 4 rings (SSSR count). The van der Waals surface area contributed by atoms with Crippen LogP contribution in [0.2, 0.25) is 0 Å². The highest BCUT2D eigenvalue weighted by Crippen LogP contribution is 2.25. The molecule has 0 spiro atoms. The molecule has 1 N–H and O–H groups in total. The summed E-state index contributed by atoms with van der Waals surface area (Å²) in [5, 5.41) is 2.44. The van der Waals surface area contributed by atoms with E-state index in [0.29, 0.717) is 30.8 Å². The molecular weight excluding hydrogens is 438 g/mol. The van der Waals surface area contributed by atoms with Crippen molar-refractivity contribution in [2.45, 2.75) is 13.0 Å². The first-order valence-corrected chi connectivity index (χ1v) is 10.2. The number of anilines is 2. The summed E-state index contributed by atoms with van der Waals surface area (Å²) in [5.74, 6) is -4.37. The van der Waals surface area contributed by atoms with Crippen LogP contribution < -0.4 is 10.2 Å². The highest BCUT2D eigenvalue weighted by molar-refractivity contribution is 6.05. The van der Waals surface area contributed by atoms with Gasteiger partial charge in [-0.2, -0.15) is 0 Å². The van der Waals surface area contributed by atoms with E-state index in [9.17, 15) is 27.2 Å². The van der Waals surface area contributed by atoms with E-state index in [2.05, 4.69) is 5.32 Å². The second kappa shape index (κ2) is 9.32. The summed E-state index contributed by atoms with van der Waals surface area (Å²) in [5.41, 5.74) is 0.334. The highest BCUT2D eigenvalue weighted by atomic mass is 19.1. The van der Waals surface area contributed by atoms with Gasteiger partial charge in [0.15, 0.2) is 0 Å². The van der Waals surface area contributed by atoms with E-state index in [-0.39, 0.29) is 18.3 Å². The second-order valence-electron chi connectivity index (χ2n) is 7.59. The summed E-state index contributed by atoms with van der Waals surface area (Å²) in [4.78, 5) is 28.3. The van der Waals surface area contributed by atoms with E-state index >= 15 is 0 Å². The van der Waals surface area contributed by atoms with Crippen LogP contribution in [0.1, 0.15) is 22.3 Å².